The van der Waals surface area contributed by atoms with Crippen molar-refractivity contribution in [3.8, 4) is 5.75 Å². The molecule has 2 aromatic carbocycles. The number of nitrogens with two attached hydrogens (primary N) is 1. The van der Waals surface area contributed by atoms with Gasteiger partial charge in [0.2, 0.25) is 0 Å². The van der Waals surface area contributed by atoms with Crippen molar-refractivity contribution >= 4 is 24.0 Å². The zero-order valence-electron chi connectivity index (χ0n) is 14.8. The topological polar surface area (TPSA) is 58.8 Å². The lowest BCUT2D eigenvalue weighted by atomic mass is 10.2. The largest absolute Gasteiger partial charge is 0.493 e. The Hall–Kier alpha value is -2.24. The Balaban J connectivity index is 0.00000243. The minimum absolute atomic E-state index is 0. The second-order valence-electron chi connectivity index (χ2n) is 6.23. The number of hydrogen-bond acceptors (Lipinski definition) is 4. The van der Waals surface area contributed by atoms with E-state index in [-0.39, 0.29) is 12.4 Å². The molecule has 1 fully saturated rings. The van der Waals surface area contributed by atoms with E-state index < -0.39 is 5.91 Å². The van der Waals surface area contributed by atoms with Crippen LogP contribution in [-0.4, -0.2) is 50.1 Å². The summed E-state index contributed by atoms with van der Waals surface area (Å²) in [5, 5.41) is 0. The van der Waals surface area contributed by atoms with Gasteiger partial charge in [-0.25, -0.2) is 0 Å². The fraction of sp³-hybridized carbons (Fsp3) is 0.350. The maximum atomic E-state index is 11.4. The van der Waals surface area contributed by atoms with E-state index in [0.29, 0.717) is 17.9 Å². The van der Waals surface area contributed by atoms with Crippen molar-refractivity contribution in [3.63, 3.8) is 0 Å². The Morgan fingerprint density at radius 2 is 1.62 bits per heavy atom. The molecule has 0 unspecified atom stereocenters. The first-order chi connectivity index (χ1) is 12.2. The van der Waals surface area contributed by atoms with Gasteiger partial charge in [0, 0.05) is 38.4 Å². The zero-order valence-corrected chi connectivity index (χ0v) is 15.7. The highest BCUT2D eigenvalue weighted by molar-refractivity contribution is 5.95. The highest BCUT2D eigenvalue weighted by Gasteiger charge is 2.16. The molecule has 0 atom stereocenters. The molecular weight excluding hydrogens is 350 g/mol. The van der Waals surface area contributed by atoms with Crippen LogP contribution >= 0.6 is 12.4 Å². The van der Waals surface area contributed by atoms with Gasteiger partial charge in [-0.05, 0) is 30.7 Å². The normalized spacial score (nSPS) is 14.5. The maximum Gasteiger partial charge on any atom is 0.252 e. The number of anilines is 1. The average molecular weight is 376 g/mol. The van der Waals surface area contributed by atoms with E-state index in [1.165, 1.54) is 5.69 Å². The summed E-state index contributed by atoms with van der Waals surface area (Å²) in [6.45, 7) is 5.81. The fourth-order valence-electron chi connectivity index (χ4n) is 3.13. The molecule has 2 N–H and O–H groups in total. The fourth-order valence-corrected chi connectivity index (χ4v) is 3.13. The summed E-state index contributed by atoms with van der Waals surface area (Å²) in [7, 11) is 0. The summed E-state index contributed by atoms with van der Waals surface area (Å²) in [5.41, 5.74) is 7.11. The maximum absolute atomic E-state index is 11.4. The van der Waals surface area contributed by atoms with Gasteiger partial charge in [0.25, 0.3) is 5.91 Å². The van der Waals surface area contributed by atoms with Gasteiger partial charge in [-0.3, -0.25) is 9.69 Å². The van der Waals surface area contributed by atoms with Gasteiger partial charge in [-0.15, -0.1) is 12.4 Å². The molecule has 1 aliphatic heterocycles. The van der Waals surface area contributed by atoms with Crippen LogP contribution in [0.4, 0.5) is 5.69 Å². The van der Waals surface area contributed by atoms with Crippen molar-refractivity contribution in [2.24, 2.45) is 5.73 Å². The number of benzene rings is 2. The molecule has 0 spiro atoms. The lowest BCUT2D eigenvalue weighted by molar-refractivity contribution is 0.0996. The van der Waals surface area contributed by atoms with Crippen LogP contribution in [0.3, 0.4) is 0 Å². The summed E-state index contributed by atoms with van der Waals surface area (Å²) >= 11 is 0. The number of para-hydroxylation sites is 2. The number of rotatable bonds is 7. The molecule has 140 valence electrons. The van der Waals surface area contributed by atoms with Crippen molar-refractivity contribution in [2.45, 2.75) is 6.42 Å². The zero-order chi connectivity index (χ0) is 17.5. The molecule has 2 aromatic rings. The van der Waals surface area contributed by atoms with Gasteiger partial charge in [0.1, 0.15) is 5.75 Å². The molecule has 3 rings (SSSR count). The van der Waals surface area contributed by atoms with E-state index in [1.807, 2.05) is 6.07 Å². The second kappa shape index (κ2) is 10.0. The molecular formula is C20H26ClN3O2. The molecule has 0 radical (unpaired) electrons. The number of hydrogen-bond donors (Lipinski definition) is 1. The van der Waals surface area contributed by atoms with E-state index in [2.05, 4.69) is 40.1 Å². The molecule has 0 aromatic heterocycles. The molecule has 0 bridgehead atoms. The van der Waals surface area contributed by atoms with E-state index in [1.54, 1.807) is 18.2 Å². The third kappa shape index (κ3) is 5.38. The average Bonchev–Trinajstić information content (AvgIpc) is 2.66. The highest BCUT2D eigenvalue weighted by Crippen LogP contribution is 2.18. The molecule has 1 heterocycles. The Kier molecular flexibility index (Phi) is 7.75. The Morgan fingerprint density at radius 3 is 2.31 bits per heavy atom. The summed E-state index contributed by atoms with van der Waals surface area (Å²) < 4.78 is 5.74. The van der Waals surface area contributed by atoms with E-state index >= 15 is 0 Å². The number of ether oxygens (including phenoxy) is 1. The lowest BCUT2D eigenvalue weighted by Crippen LogP contribution is -2.46. The molecule has 1 amide bonds. The molecule has 6 heteroatoms. The number of halogens is 1. The van der Waals surface area contributed by atoms with Crippen molar-refractivity contribution in [2.75, 3.05) is 44.2 Å². The predicted molar refractivity (Wildman–Crippen MR) is 107 cm³/mol. The van der Waals surface area contributed by atoms with Crippen LogP contribution < -0.4 is 15.4 Å². The predicted octanol–water partition coefficient (Wildman–Crippen LogP) is 2.80. The Labute approximate surface area is 161 Å². The Morgan fingerprint density at radius 1 is 0.962 bits per heavy atom. The van der Waals surface area contributed by atoms with Crippen molar-refractivity contribution in [1.82, 2.24) is 4.90 Å². The summed E-state index contributed by atoms with van der Waals surface area (Å²) in [5.74, 6) is 0.122. The van der Waals surface area contributed by atoms with Gasteiger partial charge >= 0.3 is 0 Å². The molecule has 0 saturated carbocycles. The van der Waals surface area contributed by atoms with E-state index in [0.717, 1.165) is 39.1 Å². The van der Waals surface area contributed by atoms with Crippen LogP contribution in [-0.2, 0) is 0 Å². The number of carbonyl (C=O) groups excluding carboxylic acids is 1. The highest BCUT2D eigenvalue weighted by atomic mass is 35.5. The first-order valence-electron chi connectivity index (χ1n) is 8.78. The van der Waals surface area contributed by atoms with Crippen molar-refractivity contribution in [1.29, 1.82) is 0 Å². The quantitative estimate of drug-likeness (QED) is 0.756. The number of primary amides is 1. The first-order valence-corrected chi connectivity index (χ1v) is 8.78. The van der Waals surface area contributed by atoms with E-state index in [9.17, 15) is 4.79 Å². The van der Waals surface area contributed by atoms with Crippen molar-refractivity contribution < 1.29 is 9.53 Å². The van der Waals surface area contributed by atoms with Crippen LogP contribution in [0, 0.1) is 0 Å². The third-order valence-electron chi connectivity index (χ3n) is 4.52. The molecule has 26 heavy (non-hydrogen) atoms. The van der Waals surface area contributed by atoms with Crippen molar-refractivity contribution in [3.05, 3.63) is 60.2 Å². The SMILES string of the molecule is Cl.NC(=O)c1ccccc1OCCCN1CCN(c2ccccc2)CC1. The summed E-state index contributed by atoms with van der Waals surface area (Å²) in [6.07, 6.45) is 0.929. The van der Waals surface area contributed by atoms with Gasteiger partial charge in [-0.2, -0.15) is 0 Å². The van der Waals surface area contributed by atoms with Crippen LogP contribution in [0.15, 0.2) is 54.6 Å². The van der Waals surface area contributed by atoms with E-state index in [4.69, 9.17) is 10.5 Å². The summed E-state index contributed by atoms with van der Waals surface area (Å²) in [6, 6.07) is 17.7. The minimum atomic E-state index is -0.451. The number of piperazine rings is 1. The Bertz CT molecular complexity index is 688. The lowest BCUT2D eigenvalue weighted by Gasteiger charge is -2.36. The summed E-state index contributed by atoms with van der Waals surface area (Å²) in [4.78, 5) is 16.3. The number of nitrogens with zero attached hydrogens (tertiary/aromatic N) is 2. The minimum Gasteiger partial charge on any atom is -0.493 e. The molecule has 0 aliphatic carbocycles. The smallest absolute Gasteiger partial charge is 0.252 e. The van der Waals surface area contributed by atoms with Crippen LogP contribution in [0.5, 0.6) is 5.75 Å². The number of carbonyl (C=O) groups is 1. The van der Waals surface area contributed by atoms with Gasteiger partial charge < -0.3 is 15.4 Å². The van der Waals surface area contributed by atoms with Crippen LogP contribution in [0.2, 0.25) is 0 Å². The third-order valence-corrected chi connectivity index (χ3v) is 4.52. The van der Waals surface area contributed by atoms with Gasteiger partial charge in [0.05, 0.1) is 12.2 Å². The first kappa shape index (κ1) is 20.1. The molecule has 1 saturated heterocycles. The van der Waals surface area contributed by atoms with Crippen LogP contribution in [0.1, 0.15) is 16.8 Å². The van der Waals surface area contributed by atoms with Crippen LogP contribution in [0.25, 0.3) is 0 Å². The second-order valence-corrected chi connectivity index (χ2v) is 6.23. The molecule has 1 aliphatic rings. The van der Waals surface area contributed by atoms with Gasteiger partial charge in [-0.1, -0.05) is 30.3 Å². The molecule has 5 nitrogen and oxygen atoms in total. The standard InChI is InChI=1S/C20H25N3O2.ClH/c21-20(24)18-9-4-5-10-19(18)25-16-6-11-22-12-14-23(15-13-22)17-7-2-1-3-8-17;/h1-5,7-10H,6,11-16H2,(H2,21,24);1H. The monoisotopic (exact) mass is 375 g/mol. The van der Waals surface area contributed by atoms with Gasteiger partial charge in [0.15, 0.2) is 0 Å². The number of amides is 1.